The second-order valence-electron chi connectivity index (χ2n) is 7.43. The zero-order valence-corrected chi connectivity index (χ0v) is 19.7. The van der Waals surface area contributed by atoms with E-state index in [1.165, 1.54) is 0 Å². The Morgan fingerprint density at radius 3 is 1.33 bits per heavy atom. The highest BCUT2D eigenvalue weighted by atomic mass is 16.6. The monoisotopic (exact) mass is 440 g/mol. The number of hydrogen-bond acceptors (Lipinski definition) is 9. The van der Waals surface area contributed by atoms with Crippen LogP contribution in [0.2, 0.25) is 0 Å². The molecule has 0 aromatic rings. The number of rotatable bonds is 23. The van der Waals surface area contributed by atoms with Crippen molar-refractivity contribution < 1.29 is 42.6 Å². The molecule has 0 aromatic carbocycles. The molecule has 0 fully saturated rings. The van der Waals surface area contributed by atoms with Gasteiger partial charge in [0.2, 0.25) is 0 Å². The van der Waals surface area contributed by atoms with Crippen LogP contribution in [0.1, 0.15) is 20.8 Å². The molecule has 0 radical (unpaired) electrons. The first-order valence-corrected chi connectivity index (χ1v) is 10.6. The van der Waals surface area contributed by atoms with Crippen molar-refractivity contribution in [3.05, 3.63) is 0 Å². The number of hydrogen-bond donors (Lipinski definition) is 0. The van der Waals surface area contributed by atoms with E-state index in [9.17, 15) is 0 Å². The van der Waals surface area contributed by atoms with Gasteiger partial charge < -0.3 is 42.6 Å². The first kappa shape index (κ1) is 29.6. The highest BCUT2D eigenvalue weighted by Gasteiger charge is 2.16. The van der Waals surface area contributed by atoms with Crippen LogP contribution < -0.4 is 0 Å². The van der Waals surface area contributed by atoms with Gasteiger partial charge in [-0.3, -0.25) is 0 Å². The standard InChI is InChI=1S/C21H44O9/c1-21(2,3)30-19-20(29-17-16-27-13-11-25-9-7-23-5)18-28-15-14-26-12-10-24-8-6-22-4/h20H,6-19H2,1-5H3. The van der Waals surface area contributed by atoms with Gasteiger partial charge in [-0.2, -0.15) is 0 Å². The molecule has 9 heteroatoms. The Morgan fingerprint density at radius 2 is 0.900 bits per heavy atom. The zero-order chi connectivity index (χ0) is 22.3. The maximum absolute atomic E-state index is 5.86. The fourth-order valence-electron chi connectivity index (χ4n) is 2.02. The van der Waals surface area contributed by atoms with Gasteiger partial charge >= 0.3 is 0 Å². The maximum Gasteiger partial charge on any atom is 0.104 e. The molecule has 0 spiro atoms. The van der Waals surface area contributed by atoms with E-state index < -0.39 is 0 Å². The van der Waals surface area contributed by atoms with Crippen molar-refractivity contribution in [2.24, 2.45) is 0 Å². The van der Waals surface area contributed by atoms with Gasteiger partial charge in [-0.25, -0.2) is 0 Å². The summed E-state index contributed by atoms with van der Waals surface area (Å²) in [6, 6.07) is 0. The second kappa shape index (κ2) is 21.9. The topological polar surface area (TPSA) is 83.1 Å². The van der Waals surface area contributed by atoms with Gasteiger partial charge in [-0.05, 0) is 20.8 Å². The lowest BCUT2D eigenvalue weighted by Crippen LogP contribution is -2.32. The summed E-state index contributed by atoms with van der Waals surface area (Å²) in [6.45, 7) is 13.4. The molecular weight excluding hydrogens is 396 g/mol. The molecule has 1 unspecified atom stereocenters. The Bertz CT molecular complexity index is 337. The molecule has 0 bridgehead atoms. The lowest BCUT2D eigenvalue weighted by atomic mass is 10.2. The van der Waals surface area contributed by atoms with E-state index >= 15 is 0 Å². The molecule has 9 nitrogen and oxygen atoms in total. The predicted molar refractivity (Wildman–Crippen MR) is 113 cm³/mol. The maximum atomic E-state index is 5.86. The van der Waals surface area contributed by atoms with E-state index in [2.05, 4.69) is 0 Å². The first-order valence-electron chi connectivity index (χ1n) is 10.6. The van der Waals surface area contributed by atoms with Crippen molar-refractivity contribution in [3.8, 4) is 0 Å². The molecule has 0 amide bonds. The zero-order valence-electron chi connectivity index (χ0n) is 19.7. The number of methoxy groups -OCH3 is 2. The normalized spacial score (nSPS) is 13.1. The van der Waals surface area contributed by atoms with Gasteiger partial charge in [0.25, 0.3) is 0 Å². The third-order valence-electron chi connectivity index (χ3n) is 3.57. The molecule has 0 aliphatic rings. The van der Waals surface area contributed by atoms with Gasteiger partial charge in [0, 0.05) is 14.2 Å². The Balaban J connectivity index is 3.77. The number of ether oxygens (including phenoxy) is 9. The van der Waals surface area contributed by atoms with Gasteiger partial charge in [0.1, 0.15) is 6.10 Å². The highest BCUT2D eigenvalue weighted by Crippen LogP contribution is 2.08. The van der Waals surface area contributed by atoms with Crippen LogP contribution in [0.4, 0.5) is 0 Å². The molecule has 0 aliphatic heterocycles. The summed E-state index contributed by atoms with van der Waals surface area (Å²) >= 11 is 0. The Morgan fingerprint density at radius 1 is 0.500 bits per heavy atom. The lowest BCUT2D eigenvalue weighted by Gasteiger charge is -2.24. The van der Waals surface area contributed by atoms with E-state index in [0.717, 1.165) is 0 Å². The van der Waals surface area contributed by atoms with E-state index in [1.807, 2.05) is 20.8 Å². The van der Waals surface area contributed by atoms with Crippen molar-refractivity contribution in [1.82, 2.24) is 0 Å². The average Bonchev–Trinajstić information content (AvgIpc) is 2.70. The van der Waals surface area contributed by atoms with Crippen LogP contribution in [-0.4, -0.2) is 118 Å². The highest BCUT2D eigenvalue weighted by molar-refractivity contribution is 4.63. The van der Waals surface area contributed by atoms with Crippen molar-refractivity contribution in [2.75, 3.05) is 107 Å². The third-order valence-corrected chi connectivity index (χ3v) is 3.57. The summed E-state index contributed by atoms with van der Waals surface area (Å²) in [5.74, 6) is 0. The quantitative estimate of drug-likeness (QED) is 0.220. The SMILES string of the molecule is COCCOCCOCCOCC(COC(C)(C)C)OCCOCCOCCOC. The van der Waals surface area contributed by atoms with Gasteiger partial charge in [0.15, 0.2) is 0 Å². The molecule has 0 heterocycles. The largest absolute Gasteiger partial charge is 0.382 e. The summed E-state index contributed by atoms with van der Waals surface area (Å²) in [7, 11) is 3.29. The van der Waals surface area contributed by atoms with Crippen LogP contribution >= 0.6 is 0 Å². The summed E-state index contributed by atoms with van der Waals surface area (Å²) < 4.78 is 48.8. The molecule has 0 saturated carbocycles. The Hall–Kier alpha value is -0.360. The third kappa shape index (κ3) is 23.9. The van der Waals surface area contributed by atoms with Crippen LogP contribution in [0.5, 0.6) is 0 Å². The smallest absolute Gasteiger partial charge is 0.104 e. The molecule has 182 valence electrons. The molecule has 0 aromatic heterocycles. The Labute approximate surface area is 182 Å². The van der Waals surface area contributed by atoms with E-state index in [-0.39, 0.29) is 11.7 Å². The fourth-order valence-corrected chi connectivity index (χ4v) is 2.02. The van der Waals surface area contributed by atoms with Crippen molar-refractivity contribution in [3.63, 3.8) is 0 Å². The second-order valence-corrected chi connectivity index (χ2v) is 7.43. The molecule has 0 saturated heterocycles. The van der Waals surface area contributed by atoms with E-state index in [1.54, 1.807) is 14.2 Å². The van der Waals surface area contributed by atoms with Crippen LogP contribution in [0.15, 0.2) is 0 Å². The molecular formula is C21H44O9. The molecule has 0 rings (SSSR count). The molecule has 1 atom stereocenters. The minimum atomic E-state index is -0.233. The van der Waals surface area contributed by atoms with Gasteiger partial charge in [-0.1, -0.05) is 0 Å². The summed E-state index contributed by atoms with van der Waals surface area (Å²) in [5, 5.41) is 0. The molecule has 0 N–H and O–H groups in total. The summed E-state index contributed by atoms with van der Waals surface area (Å²) in [4.78, 5) is 0. The minimum Gasteiger partial charge on any atom is -0.382 e. The van der Waals surface area contributed by atoms with Gasteiger partial charge in [0.05, 0.1) is 98.1 Å². The minimum absolute atomic E-state index is 0.164. The summed E-state index contributed by atoms with van der Waals surface area (Å²) in [5.41, 5.74) is -0.233. The van der Waals surface area contributed by atoms with Crippen LogP contribution in [0.25, 0.3) is 0 Å². The van der Waals surface area contributed by atoms with Crippen molar-refractivity contribution in [2.45, 2.75) is 32.5 Å². The molecule has 0 aliphatic carbocycles. The van der Waals surface area contributed by atoms with Crippen LogP contribution in [0, 0.1) is 0 Å². The lowest BCUT2D eigenvalue weighted by molar-refractivity contribution is -0.109. The average molecular weight is 441 g/mol. The van der Waals surface area contributed by atoms with Crippen molar-refractivity contribution in [1.29, 1.82) is 0 Å². The van der Waals surface area contributed by atoms with Crippen LogP contribution in [0.3, 0.4) is 0 Å². The van der Waals surface area contributed by atoms with Gasteiger partial charge in [-0.15, -0.1) is 0 Å². The van der Waals surface area contributed by atoms with Crippen molar-refractivity contribution >= 4 is 0 Å². The predicted octanol–water partition coefficient (Wildman–Crippen LogP) is 1.56. The van der Waals surface area contributed by atoms with Crippen LogP contribution in [-0.2, 0) is 42.6 Å². The fraction of sp³-hybridized carbons (Fsp3) is 1.00. The molecule has 30 heavy (non-hydrogen) atoms. The van der Waals surface area contributed by atoms with E-state index in [0.29, 0.717) is 92.5 Å². The first-order chi connectivity index (χ1) is 14.5. The summed E-state index contributed by atoms with van der Waals surface area (Å²) in [6.07, 6.45) is -0.164. The van der Waals surface area contributed by atoms with E-state index in [4.69, 9.17) is 42.6 Å². The Kier molecular flexibility index (Phi) is 21.6.